The maximum Gasteiger partial charge on any atom is 0.295 e. The number of nitro benzene ring substituents is 1. The number of nitrogens with one attached hydrogen (secondary N) is 1. The molecule has 0 aliphatic carbocycles. The van der Waals surface area contributed by atoms with Gasteiger partial charge in [-0.15, -0.1) is 0 Å². The summed E-state index contributed by atoms with van der Waals surface area (Å²) in [5, 5.41) is 23.4. The maximum atomic E-state index is 13.5. The summed E-state index contributed by atoms with van der Waals surface area (Å²) in [7, 11) is 0. The van der Waals surface area contributed by atoms with Crippen molar-refractivity contribution in [1.29, 1.82) is 0 Å². The van der Waals surface area contributed by atoms with Crippen molar-refractivity contribution in [2.45, 2.75) is 13.0 Å². The van der Waals surface area contributed by atoms with Crippen molar-refractivity contribution in [3.8, 4) is 0 Å². The number of anilines is 1. The maximum absolute atomic E-state index is 13.5. The number of hydrogen-bond acceptors (Lipinski definition) is 4. The zero-order valence-electron chi connectivity index (χ0n) is 11.4. The number of halogens is 1. The molecule has 0 aliphatic rings. The van der Waals surface area contributed by atoms with E-state index in [1.165, 1.54) is 13.0 Å². The minimum absolute atomic E-state index is 0.182. The van der Waals surface area contributed by atoms with Gasteiger partial charge in [0.2, 0.25) is 0 Å². The van der Waals surface area contributed by atoms with Crippen LogP contribution in [0, 0.1) is 22.9 Å². The zero-order valence-corrected chi connectivity index (χ0v) is 11.4. The second-order valence-corrected chi connectivity index (χ2v) is 4.67. The Morgan fingerprint density at radius 2 is 2.00 bits per heavy atom. The fraction of sp³-hybridized carbons (Fsp3) is 0.200. The number of rotatable bonds is 5. The molecule has 1 atom stereocenters. The van der Waals surface area contributed by atoms with Gasteiger partial charge in [0.15, 0.2) is 0 Å². The average molecular weight is 290 g/mol. The first-order chi connectivity index (χ1) is 10.0. The lowest BCUT2D eigenvalue weighted by atomic mass is 10.1. The summed E-state index contributed by atoms with van der Waals surface area (Å²) < 4.78 is 13.5. The minimum atomic E-state index is -0.649. The van der Waals surface area contributed by atoms with Crippen molar-refractivity contribution in [1.82, 2.24) is 0 Å². The zero-order chi connectivity index (χ0) is 15.4. The summed E-state index contributed by atoms with van der Waals surface area (Å²) in [6, 6.07) is 10.8. The molecule has 2 rings (SSSR count). The van der Waals surface area contributed by atoms with E-state index in [4.69, 9.17) is 0 Å². The first-order valence-electron chi connectivity index (χ1n) is 6.39. The van der Waals surface area contributed by atoms with E-state index in [9.17, 15) is 19.6 Å². The molecule has 5 nitrogen and oxygen atoms in total. The number of hydrogen-bond donors (Lipinski definition) is 2. The lowest BCUT2D eigenvalue weighted by Crippen LogP contribution is -2.16. The Balaban J connectivity index is 2.37. The summed E-state index contributed by atoms with van der Waals surface area (Å²) in [4.78, 5) is 10.4. The molecule has 21 heavy (non-hydrogen) atoms. The summed E-state index contributed by atoms with van der Waals surface area (Å²) in [5.41, 5.74) is 0.915. The first kappa shape index (κ1) is 14.9. The Bertz CT molecular complexity index is 647. The minimum Gasteiger partial charge on any atom is -0.394 e. The quantitative estimate of drug-likeness (QED) is 0.655. The van der Waals surface area contributed by atoms with Gasteiger partial charge in [-0.25, -0.2) is 4.39 Å². The van der Waals surface area contributed by atoms with Crippen LogP contribution in [0.15, 0.2) is 42.5 Å². The smallest absolute Gasteiger partial charge is 0.295 e. The molecule has 0 bridgehead atoms. The van der Waals surface area contributed by atoms with Gasteiger partial charge >= 0.3 is 0 Å². The van der Waals surface area contributed by atoms with Gasteiger partial charge in [0.05, 0.1) is 23.6 Å². The lowest BCUT2D eigenvalue weighted by molar-refractivity contribution is -0.384. The van der Waals surface area contributed by atoms with Gasteiger partial charge in [-0.05, 0) is 24.1 Å². The summed E-state index contributed by atoms with van der Waals surface area (Å²) in [5.74, 6) is -0.632. The van der Waals surface area contributed by atoms with Crippen LogP contribution in [0.25, 0.3) is 0 Å². The van der Waals surface area contributed by atoms with E-state index in [0.29, 0.717) is 5.56 Å². The molecule has 0 fully saturated rings. The number of nitrogens with zero attached hydrogens (tertiary/aromatic N) is 1. The fourth-order valence-electron chi connectivity index (χ4n) is 2.05. The highest BCUT2D eigenvalue weighted by Gasteiger charge is 2.20. The third kappa shape index (κ3) is 3.35. The van der Waals surface area contributed by atoms with Gasteiger partial charge in [-0.2, -0.15) is 0 Å². The molecule has 1 unspecified atom stereocenters. The van der Waals surface area contributed by atoms with Gasteiger partial charge in [0.1, 0.15) is 11.5 Å². The average Bonchev–Trinajstić information content (AvgIpc) is 2.48. The molecule has 0 aliphatic heterocycles. The first-order valence-corrected chi connectivity index (χ1v) is 6.39. The summed E-state index contributed by atoms with van der Waals surface area (Å²) in [6.07, 6.45) is 0. The molecule has 6 heteroatoms. The highest BCUT2D eigenvalue weighted by atomic mass is 19.1. The van der Waals surface area contributed by atoms with Gasteiger partial charge in [0, 0.05) is 0 Å². The molecular formula is C15H15FN2O3. The molecule has 0 aromatic heterocycles. The second-order valence-electron chi connectivity index (χ2n) is 4.67. The van der Waals surface area contributed by atoms with E-state index in [1.54, 1.807) is 12.1 Å². The Kier molecular flexibility index (Phi) is 4.49. The van der Waals surface area contributed by atoms with Crippen LogP contribution in [0.1, 0.15) is 17.2 Å². The molecule has 2 N–H and O–H groups in total. The molecule has 2 aromatic rings. The van der Waals surface area contributed by atoms with Crippen LogP contribution in [-0.4, -0.2) is 16.6 Å². The number of aliphatic hydroxyl groups excluding tert-OH is 1. The molecule has 0 radical (unpaired) electrons. The number of aryl methyl sites for hydroxylation is 1. The van der Waals surface area contributed by atoms with E-state index in [0.717, 1.165) is 11.6 Å². The van der Waals surface area contributed by atoms with Gasteiger partial charge in [0.25, 0.3) is 5.69 Å². The second kappa shape index (κ2) is 6.32. The predicted octanol–water partition coefficient (Wildman–Crippen LogP) is 3.19. The van der Waals surface area contributed by atoms with Gasteiger partial charge in [-0.3, -0.25) is 10.1 Å². The van der Waals surface area contributed by atoms with Crippen LogP contribution in [0.2, 0.25) is 0 Å². The van der Waals surface area contributed by atoms with E-state index in [1.807, 2.05) is 18.2 Å². The lowest BCUT2D eigenvalue weighted by Gasteiger charge is -2.18. The van der Waals surface area contributed by atoms with Crippen LogP contribution in [-0.2, 0) is 0 Å². The molecule has 2 aromatic carbocycles. The van der Waals surface area contributed by atoms with Gasteiger partial charge < -0.3 is 10.4 Å². The molecule has 0 heterocycles. The van der Waals surface area contributed by atoms with Crippen LogP contribution in [0.5, 0.6) is 0 Å². The number of aliphatic hydroxyl groups is 1. The van der Waals surface area contributed by atoms with Crippen molar-refractivity contribution in [3.05, 3.63) is 69.5 Å². The summed E-state index contributed by atoms with van der Waals surface area (Å²) in [6.45, 7) is 1.29. The van der Waals surface area contributed by atoms with Crippen molar-refractivity contribution in [2.24, 2.45) is 0 Å². The van der Waals surface area contributed by atoms with Gasteiger partial charge in [-0.1, -0.05) is 30.3 Å². The third-order valence-corrected chi connectivity index (χ3v) is 3.19. The van der Waals surface area contributed by atoms with E-state index >= 15 is 0 Å². The van der Waals surface area contributed by atoms with Crippen LogP contribution < -0.4 is 5.32 Å². The van der Waals surface area contributed by atoms with Crippen LogP contribution in [0.4, 0.5) is 15.8 Å². The largest absolute Gasteiger partial charge is 0.394 e. The molecule has 0 spiro atoms. The number of nitro groups is 1. The normalized spacial score (nSPS) is 12.0. The Hall–Kier alpha value is -2.47. The number of benzene rings is 2. The monoisotopic (exact) mass is 290 g/mol. The third-order valence-electron chi connectivity index (χ3n) is 3.19. The summed E-state index contributed by atoms with van der Waals surface area (Å²) >= 11 is 0. The molecule has 0 saturated carbocycles. The van der Waals surface area contributed by atoms with E-state index < -0.39 is 16.8 Å². The Morgan fingerprint density at radius 1 is 1.33 bits per heavy atom. The topological polar surface area (TPSA) is 75.4 Å². The molecular weight excluding hydrogens is 275 g/mol. The highest BCUT2D eigenvalue weighted by molar-refractivity contribution is 5.64. The van der Waals surface area contributed by atoms with Crippen molar-refractivity contribution in [3.63, 3.8) is 0 Å². The Labute approximate surface area is 121 Å². The fourth-order valence-corrected chi connectivity index (χ4v) is 2.05. The van der Waals surface area contributed by atoms with E-state index in [-0.39, 0.29) is 18.0 Å². The molecule has 0 amide bonds. The predicted molar refractivity (Wildman–Crippen MR) is 77.7 cm³/mol. The SMILES string of the molecule is Cc1cc(NC(CO)c2ccccc2)c([N+](=O)[O-])cc1F. The van der Waals surface area contributed by atoms with Crippen molar-refractivity contribution in [2.75, 3.05) is 11.9 Å². The van der Waals surface area contributed by atoms with Crippen LogP contribution >= 0.6 is 0 Å². The van der Waals surface area contributed by atoms with E-state index in [2.05, 4.69) is 5.32 Å². The molecule has 0 saturated heterocycles. The molecule has 110 valence electrons. The highest BCUT2D eigenvalue weighted by Crippen LogP contribution is 2.30. The Morgan fingerprint density at radius 3 is 2.57 bits per heavy atom. The van der Waals surface area contributed by atoms with Crippen molar-refractivity contribution < 1.29 is 14.4 Å². The standard InChI is InChI=1S/C15H15FN2O3/c1-10-7-13(15(18(20)21)8-12(10)16)17-14(9-19)11-5-3-2-4-6-11/h2-8,14,17,19H,9H2,1H3. The van der Waals surface area contributed by atoms with Crippen LogP contribution in [0.3, 0.4) is 0 Å². The van der Waals surface area contributed by atoms with Crippen molar-refractivity contribution >= 4 is 11.4 Å².